The zero-order valence-electron chi connectivity index (χ0n) is 18.3. The molecular weight excluding hydrogens is 425 g/mol. The number of nitrogens with one attached hydrogen (secondary N) is 2. The zero-order valence-corrected chi connectivity index (χ0v) is 18.3. The summed E-state index contributed by atoms with van der Waals surface area (Å²) in [5.41, 5.74) is 0.432. The molecular formula is C22H27F3N4O3. The number of nitrogens with zero attached hydrogens (tertiary/aromatic N) is 2. The lowest BCUT2D eigenvalue weighted by molar-refractivity contribution is -0.137. The van der Waals surface area contributed by atoms with Crippen molar-refractivity contribution in [2.24, 2.45) is 5.92 Å². The normalized spacial score (nSPS) is 18.9. The van der Waals surface area contributed by atoms with Gasteiger partial charge in [0.2, 0.25) is 5.91 Å². The van der Waals surface area contributed by atoms with Crippen LogP contribution in [0.5, 0.6) is 0 Å². The highest BCUT2D eigenvalue weighted by atomic mass is 19.4. The number of hydrogen-bond donors (Lipinski definition) is 2. The van der Waals surface area contributed by atoms with Crippen molar-refractivity contribution in [2.45, 2.75) is 39.4 Å². The third-order valence-electron chi connectivity index (χ3n) is 5.50. The Morgan fingerprint density at radius 3 is 2.44 bits per heavy atom. The van der Waals surface area contributed by atoms with E-state index >= 15 is 0 Å². The number of hydrogen-bond acceptors (Lipinski definition) is 3. The van der Waals surface area contributed by atoms with Gasteiger partial charge in [-0.25, -0.2) is 4.79 Å². The van der Waals surface area contributed by atoms with Crippen molar-refractivity contribution in [3.05, 3.63) is 46.7 Å². The number of benzene rings is 1. The molecule has 32 heavy (non-hydrogen) atoms. The molecule has 1 aromatic rings. The van der Waals surface area contributed by atoms with Gasteiger partial charge in [-0.05, 0) is 30.5 Å². The first kappa shape index (κ1) is 23.6. The maximum Gasteiger partial charge on any atom is 0.416 e. The van der Waals surface area contributed by atoms with Crippen LogP contribution >= 0.6 is 0 Å². The van der Waals surface area contributed by atoms with E-state index < -0.39 is 23.8 Å². The number of amides is 4. The molecule has 3 rings (SSSR count). The third-order valence-corrected chi connectivity index (χ3v) is 5.50. The van der Waals surface area contributed by atoms with E-state index in [1.165, 1.54) is 21.9 Å². The average Bonchev–Trinajstić information content (AvgIpc) is 3.05. The van der Waals surface area contributed by atoms with Crippen molar-refractivity contribution in [3.8, 4) is 0 Å². The van der Waals surface area contributed by atoms with Gasteiger partial charge in [-0.3, -0.25) is 14.5 Å². The highest BCUT2D eigenvalue weighted by Gasteiger charge is 2.43. The lowest BCUT2D eigenvalue weighted by Gasteiger charge is -2.33. The summed E-state index contributed by atoms with van der Waals surface area (Å²) in [6.07, 6.45) is -4.36. The fourth-order valence-corrected chi connectivity index (χ4v) is 3.82. The quantitative estimate of drug-likeness (QED) is 0.667. The number of rotatable bonds is 7. The zero-order chi connectivity index (χ0) is 23.6. The summed E-state index contributed by atoms with van der Waals surface area (Å²) in [5.74, 6) is -0.196. The molecule has 2 N–H and O–H groups in total. The minimum absolute atomic E-state index is 0.122. The number of likely N-dealkylation sites (N-methyl/N-ethyl adjacent to an activating group) is 1. The first-order valence-corrected chi connectivity index (χ1v) is 10.6. The molecule has 7 nitrogen and oxygen atoms in total. The average molecular weight is 452 g/mol. The molecule has 174 valence electrons. The second-order valence-corrected chi connectivity index (χ2v) is 8.28. The molecule has 0 radical (unpaired) electrons. The van der Waals surface area contributed by atoms with Gasteiger partial charge in [0, 0.05) is 26.1 Å². The van der Waals surface area contributed by atoms with Crippen LogP contribution in [0.25, 0.3) is 0 Å². The van der Waals surface area contributed by atoms with Gasteiger partial charge in [-0.15, -0.1) is 0 Å². The molecule has 0 unspecified atom stereocenters. The Kier molecular flexibility index (Phi) is 6.80. The molecule has 0 saturated heterocycles. The Bertz CT molecular complexity index is 925. The topological polar surface area (TPSA) is 81.8 Å². The van der Waals surface area contributed by atoms with Gasteiger partial charge in [-0.2, -0.15) is 13.2 Å². The molecule has 2 heterocycles. The van der Waals surface area contributed by atoms with Crippen LogP contribution in [0.2, 0.25) is 0 Å². The molecule has 0 saturated carbocycles. The predicted octanol–water partition coefficient (Wildman–Crippen LogP) is 3.05. The van der Waals surface area contributed by atoms with E-state index in [9.17, 15) is 27.6 Å². The van der Waals surface area contributed by atoms with Crippen molar-refractivity contribution < 1.29 is 27.6 Å². The van der Waals surface area contributed by atoms with E-state index in [1.807, 2.05) is 13.8 Å². The standard InChI is InChI=1S/C22H27F3N4O3/c1-4-29-16-12-28(10-9-17(30)26-11-13(2)3)20(31)18(16)19(27-21(29)32)14-5-7-15(8-6-14)22(23,24)25/h5-8,13,19H,4,9-12H2,1-3H3,(H,26,30)(H,27,32)/t19-/m1/s1. The van der Waals surface area contributed by atoms with E-state index in [0.29, 0.717) is 35.8 Å². The summed E-state index contributed by atoms with van der Waals surface area (Å²) in [5, 5.41) is 5.54. The molecule has 1 atom stereocenters. The minimum atomic E-state index is -4.48. The molecule has 0 aromatic heterocycles. The lowest BCUT2D eigenvalue weighted by Crippen LogP contribution is -2.47. The Balaban J connectivity index is 1.81. The van der Waals surface area contributed by atoms with Gasteiger partial charge >= 0.3 is 12.2 Å². The van der Waals surface area contributed by atoms with Crippen LogP contribution in [0.15, 0.2) is 35.5 Å². The van der Waals surface area contributed by atoms with Crippen LogP contribution in [-0.4, -0.2) is 53.8 Å². The SMILES string of the molecule is CCN1C(=O)N[C@H](c2ccc(C(F)(F)F)cc2)C2=C1CN(CCC(=O)NCC(C)C)C2=O. The summed E-state index contributed by atoms with van der Waals surface area (Å²) in [6, 6.07) is 3.15. The molecule has 2 aliphatic rings. The third kappa shape index (κ3) is 4.89. The molecule has 0 fully saturated rings. The van der Waals surface area contributed by atoms with Crippen LogP contribution in [0.4, 0.5) is 18.0 Å². The van der Waals surface area contributed by atoms with Gasteiger partial charge in [-0.1, -0.05) is 26.0 Å². The van der Waals surface area contributed by atoms with Crippen LogP contribution in [0.1, 0.15) is 44.4 Å². The van der Waals surface area contributed by atoms with E-state index in [4.69, 9.17) is 0 Å². The second kappa shape index (κ2) is 9.22. The molecule has 1 aromatic carbocycles. The Labute approximate surface area is 184 Å². The van der Waals surface area contributed by atoms with E-state index in [-0.39, 0.29) is 31.3 Å². The number of carbonyl (C=O) groups excluding carboxylic acids is 3. The van der Waals surface area contributed by atoms with Crippen molar-refractivity contribution in [1.29, 1.82) is 0 Å². The van der Waals surface area contributed by atoms with Gasteiger partial charge in [0.1, 0.15) is 0 Å². The Morgan fingerprint density at radius 1 is 1.22 bits per heavy atom. The van der Waals surface area contributed by atoms with Crippen LogP contribution in [0, 0.1) is 5.92 Å². The summed E-state index contributed by atoms with van der Waals surface area (Å²) in [4.78, 5) is 40.8. The molecule has 0 bridgehead atoms. The predicted molar refractivity (Wildman–Crippen MR) is 111 cm³/mol. The summed E-state index contributed by atoms with van der Waals surface area (Å²) >= 11 is 0. The van der Waals surface area contributed by atoms with Crippen molar-refractivity contribution in [2.75, 3.05) is 26.2 Å². The van der Waals surface area contributed by atoms with Gasteiger partial charge in [0.05, 0.1) is 29.4 Å². The number of carbonyl (C=O) groups is 3. The van der Waals surface area contributed by atoms with Crippen LogP contribution in [0.3, 0.4) is 0 Å². The maximum atomic E-state index is 13.2. The second-order valence-electron chi connectivity index (χ2n) is 8.28. The van der Waals surface area contributed by atoms with Gasteiger partial charge in [0.25, 0.3) is 5.91 Å². The Morgan fingerprint density at radius 2 is 1.88 bits per heavy atom. The molecule has 0 spiro atoms. The highest BCUT2D eigenvalue weighted by molar-refractivity contribution is 6.01. The van der Waals surface area contributed by atoms with Crippen molar-refractivity contribution in [3.63, 3.8) is 0 Å². The molecule has 0 aliphatic carbocycles. The van der Waals surface area contributed by atoms with Crippen molar-refractivity contribution >= 4 is 17.8 Å². The van der Waals surface area contributed by atoms with Crippen LogP contribution < -0.4 is 10.6 Å². The largest absolute Gasteiger partial charge is 0.416 e. The molecule has 2 aliphatic heterocycles. The maximum absolute atomic E-state index is 13.2. The van der Waals surface area contributed by atoms with E-state index in [1.54, 1.807) is 6.92 Å². The van der Waals surface area contributed by atoms with Gasteiger partial charge in [0.15, 0.2) is 0 Å². The van der Waals surface area contributed by atoms with Crippen molar-refractivity contribution in [1.82, 2.24) is 20.4 Å². The molecule has 10 heteroatoms. The summed E-state index contributed by atoms with van der Waals surface area (Å²) in [6.45, 7) is 6.96. The minimum Gasteiger partial charge on any atom is -0.356 e. The first-order chi connectivity index (χ1) is 15.0. The lowest BCUT2D eigenvalue weighted by atomic mass is 9.94. The fraction of sp³-hybridized carbons (Fsp3) is 0.500. The highest BCUT2D eigenvalue weighted by Crippen LogP contribution is 2.37. The smallest absolute Gasteiger partial charge is 0.356 e. The number of halogens is 3. The molecule has 4 amide bonds. The van der Waals surface area contributed by atoms with E-state index in [0.717, 1.165) is 12.1 Å². The fourth-order valence-electron chi connectivity index (χ4n) is 3.82. The first-order valence-electron chi connectivity index (χ1n) is 10.6. The van der Waals surface area contributed by atoms with E-state index in [2.05, 4.69) is 10.6 Å². The van der Waals surface area contributed by atoms with Crippen LogP contribution in [-0.2, 0) is 15.8 Å². The van der Waals surface area contributed by atoms with Gasteiger partial charge < -0.3 is 15.5 Å². The summed E-state index contributed by atoms with van der Waals surface area (Å²) < 4.78 is 38.8. The number of urea groups is 1. The number of alkyl halides is 3. The Hall–Kier alpha value is -3.04. The monoisotopic (exact) mass is 452 g/mol. The summed E-state index contributed by atoms with van der Waals surface area (Å²) in [7, 11) is 0.